The van der Waals surface area contributed by atoms with Gasteiger partial charge in [-0.3, -0.25) is 0 Å². The van der Waals surface area contributed by atoms with Crippen LogP contribution in [-0.4, -0.2) is 60.4 Å². The quantitative estimate of drug-likeness (QED) is 0.0518. The third-order valence-electron chi connectivity index (χ3n) is 12.8. The Morgan fingerprint density at radius 2 is 1.02 bits per heavy atom. The van der Waals surface area contributed by atoms with Gasteiger partial charge in [-0.2, -0.15) is 0 Å². The fourth-order valence-corrected chi connectivity index (χ4v) is 10.5. The van der Waals surface area contributed by atoms with Crippen molar-refractivity contribution in [1.82, 2.24) is 0 Å². The molecule has 4 unspecified atom stereocenters. The molecule has 2 aliphatic heterocycles. The molecule has 276 valence electrons. The van der Waals surface area contributed by atoms with Crippen LogP contribution < -0.4 is 0 Å². The van der Waals surface area contributed by atoms with Crippen LogP contribution in [0.1, 0.15) is 188 Å². The molecule has 0 aromatic carbocycles. The number of rotatable bonds is 26. The van der Waals surface area contributed by atoms with Crippen LogP contribution in [0, 0.1) is 5.92 Å². The first kappa shape index (κ1) is 38.3. The van der Waals surface area contributed by atoms with Crippen molar-refractivity contribution in [1.29, 1.82) is 0 Å². The number of carbonyl (C=O) groups excluding carboxylic acids is 1. The van der Waals surface area contributed by atoms with Crippen molar-refractivity contribution >= 4 is 5.97 Å². The van der Waals surface area contributed by atoms with E-state index in [9.17, 15) is 4.79 Å². The Bertz CT molecular complexity index is 956. The highest BCUT2D eigenvalue weighted by Crippen LogP contribution is 2.63. The number of unbranched alkanes of at least 4 members (excludes halogenated alkanes) is 10. The minimum absolute atomic E-state index is 0.210. The molecule has 2 heterocycles. The first-order chi connectivity index (χ1) is 23.2. The lowest BCUT2D eigenvalue weighted by Crippen LogP contribution is -2.68. The van der Waals surface area contributed by atoms with Gasteiger partial charge >= 0.3 is 5.97 Å². The summed E-state index contributed by atoms with van der Waals surface area (Å²) in [6.45, 7) is 13.7. The third kappa shape index (κ3) is 10.1. The van der Waals surface area contributed by atoms with Gasteiger partial charge in [0.15, 0.2) is 0 Å². The van der Waals surface area contributed by atoms with E-state index in [1.54, 1.807) is 6.92 Å². The molecule has 6 heteroatoms. The van der Waals surface area contributed by atoms with Crippen molar-refractivity contribution in [3.63, 3.8) is 0 Å². The van der Waals surface area contributed by atoms with Crippen molar-refractivity contribution in [2.24, 2.45) is 5.92 Å². The average Bonchev–Trinajstić information content (AvgIpc) is 3.00. The van der Waals surface area contributed by atoms with Crippen LogP contribution >= 0.6 is 0 Å². The predicted octanol–water partition coefficient (Wildman–Crippen LogP) is 10.7. The SMILES string of the molecule is C=C(C)C(=O)OC12CC3CC(OCCCCCCCC4(CCCC)CCO4)(CC(OCCCCCCCC4(CCCC)CCO4)(C3)C1)C2. The van der Waals surface area contributed by atoms with E-state index in [0.717, 1.165) is 77.8 Å². The van der Waals surface area contributed by atoms with Crippen LogP contribution in [0.25, 0.3) is 0 Å². The van der Waals surface area contributed by atoms with E-state index in [2.05, 4.69) is 20.4 Å². The number of ether oxygens (including phenoxy) is 5. The average molecular weight is 673 g/mol. The van der Waals surface area contributed by atoms with E-state index in [-0.39, 0.29) is 28.4 Å². The summed E-state index contributed by atoms with van der Waals surface area (Å²) in [5.74, 6) is 0.233. The topological polar surface area (TPSA) is 63.2 Å². The summed E-state index contributed by atoms with van der Waals surface area (Å²) in [5.41, 5.74) is -0.0533. The Hall–Kier alpha value is -0.950. The van der Waals surface area contributed by atoms with Gasteiger partial charge in [-0.15, -0.1) is 0 Å². The summed E-state index contributed by atoms with van der Waals surface area (Å²) in [4.78, 5) is 12.9. The number of hydrogen-bond acceptors (Lipinski definition) is 6. The molecule has 0 aromatic rings. The Labute approximate surface area is 294 Å². The van der Waals surface area contributed by atoms with Crippen LogP contribution in [-0.2, 0) is 28.5 Å². The van der Waals surface area contributed by atoms with Gasteiger partial charge in [0.1, 0.15) is 5.60 Å². The van der Waals surface area contributed by atoms with Crippen molar-refractivity contribution in [3.8, 4) is 0 Å². The van der Waals surface area contributed by atoms with Crippen molar-refractivity contribution in [3.05, 3.63) is 12.2 Å². The van der Waals surface area contributed by atoms with Crippen LogP contribution in [0.4, 0.5) is 0 Å². The zero-order valence-electron chi connectivity index (χ0n) is 31.4. The molecule has 4 atom stereocenters. The Morgan fingerprint density at radius 1 is 0.625 bits per heavy atom. The summed E-state index contributed by atoms with van der Waals surface area (Å²) in [5, 5.41) is 0. The molecule has 0 spiro atoms. The van der Waals surface area contributed by atoms with Crippen molar-refractivity contribution in [2.75, 3.05) is 26.4 Å². The maximum absolute atomic E-state index is 12.9. The largest absolute Gasteiger partial charge is 0.455 e. The van der Waals surface area contributed by atoms with Gasteiger partial charge in [0, 0.05) is 38.0 Å². The zero-order chi connectivity index (χ0) is 34.0. The first-order valence-corrected chi connectivity index (χ1v) is 20.6. The molecule has 48 heavy (non-hydrogen) atoms. The Balaban J connectivity index is 1.04. The number of carbonyl (C=O) groups is 1. The standard InChI is InChI=1S/C42H72O6/c1-5-7-19-38(23-27-46-38)21-15-11-9-13-17-25-44-40-29-36-30-41(32-40,34-42(31-36,33-40)48-37(43)35(3)4)45-26-18-14-10-12-16-22-39(20-8-6-2)24-28-47-39/h36H,3,5-34H2,1-2,4H3. The Kier molecular flexibility index (Phi) is 14.0. The first-order valence-electron chi connectivity index (χ1n) is 20.6. The highest BCUT2D eigenvalue weighted by Gasteiger charge is 2.66. The van der Waals surface area contributed by atoms with Crippen molar-refractivity contribution in [2.45, 2.75) is 216 Å². The zero-order valence-corrected chi connectivity index (χ0v) is 31.4. The van der Waals surface area contributed by atoms with Gasteiger partial charge in [-0.05, 0) is 83.5 Å². The van der Waals surface area contributed by atoms with Crippen molar-refractivity contribution < 1.29 is 28.5 Å². The van der Waals surface area contributed by atoms with Gasteiger partial charge < -0.3 is 23.7 Å². The highest BCUT2D eigenvalue weighted by molar-refractivity contribution is 5.87. The van der Waals surface area contributed by atoms with Crippen LogP contribution in [0.15, 0.2) is 12.2 Å². The molecule has 6 rings (SSSR count). The van der Waals surface area contributed by atoms with Crippen LogP contribution in [0.5, 0.6) is 0 Å². The molecule has 6 nitrogen and oxygen atoms in total. The fraction of sp³-hybridized carbons (Fsp3) is 0.929. The third-order valence-corrected chi connectivity index (χ3v) is 12.8. The Morgan fingerprint density at radius 3 is 1.44 bits per heavy atom. The second-order valence-electron chi connectivity index (χ2n) is 17.2. The predicted molar refractivity (Wildman–Crippen MR) is 193 cm³/mol. The molecule has 0 aromatic heterocycles. The smallest absolute Gasteiger partial charge is 0.333 e. The van der Waals surface area contributed by atoms with Gasteiger partial charge in [0.05, 0.1) is 35.6 Å². The maximum atomic E-state index is 12.9. The molecule has 0 radical (unpaired) electrons. The molecule has 2 saturated heterocycles. The second-order valence-corrected chi connectivity index (χ2v) is 17.2. The summed E-state index contributed by atoms with van der Waals surface area (Å²) in [7, 11) is 0. The summed E-state index contributed by atoms with van der Waals surface area (Å²) >= 11 is 0. The summed E-state index contributed by atoms with van der Waals surface area (Å²) < 4.78 is 32.2. The molecular weight excluding hydrogens is 600 g/mol. The second kappa shape index (κ2) is 17.5. The molecule has 6 fully saturated rings. The fourth-order valence-electron chi connectivity index (χ4n) is 10.5. The number of hydrogen-bond donors (Lipinski definition) is 0. The molecule has 0 N–H and O–H groups in total. The van der Waals surface area contributed by atoms with E-state index >= 15 is 0 Å². The van der Waals surface area contributed by atoms with E-state index in [0.29, 0.717) is 11.5 Å². The summed E-state index contributed by atoms with van der Waals surface area (Å²) in [6, 6.07) is 0. The van der Waals surface area contributed by atoms with E-state index in [1.165, 1.54) is 116 Å². The minimum atomic E-state index is -0.482. The van der Waals surface area contributed by atoms with Gasteiger partial charge in [0.2, 0.25) is 0 Å². The van der Waals surface area contributed by atoms with Crippen LogP contribution in [0.3, 0.4) is 0 Å². The highest BCUT2D eigenvalue weighted by atomic mass is 16.6. The van der Waals surface area contributed by atoms with E-state index in [1.807, 2.05) is 0 Å². The maximum Gasteiger partial charge on any atom is 0.333 e. The minimum Gasteiger partial charge on any atom is -0.455 e. The molecular formula is C42H72O6. The normalized spacial score (nSPS) is 34.9. The lowest BCUT2D eigenvalue weighted by Gasteiger charge is -2.64. The lowest BCUT2D eigenvalue weighted by molar-refractivity contribution is -0.283. The summed E-state index contributed by atoms with van der Waals surface area (Å²) in [6.07, 6.45) is 30.5. The van der Waals surface area contributed by atoms with E-state index < -0.39 is 5.60 Å². The molecule has 4 saturated carbocycles. The molecule has 4 bridgehead atoms. The number of esters is 1. The molecule has 0 amide bonds. The van der Waals surface area contributed by atoms with Gasteiger partial charge in [0.25, 0.3) is 0 Å². The van der Waals surface area contributed by atoms with Gasteiger partial charge in [-0.25, -0.2) is 4.79 Å². The lowest BCUT2D eigenvalue weighted by atomic mass is 9.50. The monoisotopic (exact) mass is 673 g/mol. The molecule has 6 aliphatic rings. The van der Waals surface area contributed by atoms with E-state index in [4.69, 9.17) is 23.7 Å². The van der Waals surface area contributed by atoms with Crippen LogP contribution in [0.2, 0.25) is 0 Å². The van der Waals surface area contributed by atoms with Gasteiger partial charge in [-0.1, -0.05) is 97.5 Å². The molecule has 4 aliphatic carbocycles.